The van der Waals surface area contributed by atoms with E-state index in [2.05, 4.69) is 32.9 Å². The van der Waals surface area contributed by atoms with Crippen molar-refractivity contribution in [1.82, 2.24) is 9.91 Å². The van der Waals surface area contributed by atoms with Crippen molar-refractivity contribution in [3.8, 4) is 0 Å². The number of carbonyl (C=O) groups is 1. The first-order chi connectivity index (χ1) is 11.4. The summed E-state index contributed by atoms with van der Waals surface area (Å²) in [4.78, 5) is 13.7. The number of nitrogens with zero attached hydrogens (tertiary/aromatic N) is 2. The molecule has 140 valence electrons. The average Bonchev–Trinajstić information content (AvgIpc) is 2.55. The third kappa shape index (κ3) is 13.0. The molecular formula is C19H37N3O2. The molecule has 24 heavy (non-hydrogen) atoms. The zero-order chi connectivity index (χ0) is 18.4. The first-order valence-electron chi connectivity index (χ1n) is 9.06. The van der Waals surface area contributed by atoms with Crippen molar-refractivity contribution in [3.05, 3.63) is 24.6 Å². The number of hydrogen-bond acceptors (Lipinski definition) is 5. The van der Waals surface area contributed by atoms with E-state index in [9.17, 15) is 4.79 Å². The highest BCUT2D eigenvalue weighted by molar-refractivity contribution is 5.69. The van der Waals surface area contributed by atoms with E-state index in [0.29, 0.717) is 31.4 Å². The predicted molar refractivity (Wildman–Crippen MR) is 101 cm³/mol. The summed E-state index contributed by atoms with van der Waals surface area (Å²) in [7, 11) is 3.78. The Morgan fingerprint density at radius 2 is 1.71 bits per heavy atom. The van der Waals surface area contributed by atoms with Crippen LogP contribution < -0.4 is 5.84 Å². The summed E-state index contributed by atoms with van der Waals surface area (Å²) in [6, 6.07) is 0. The van der Waals surface area contributed by atoms with E-state index in [-0.39, 0.29) is 5.97 Å². The van der Waals surface area contributed by atoms with Gasteiger partial charge in [-0.15, -0.1) is 0 Å². The van der Waals surface area contributed by atoms with E-state index in [1.165, 1.54) is 12.8 Å². The minimum absolute atomic E-state index is 0.109. The van der Waals surface area contributed by atoms with Crippen LogP contribution in [-0.4, -0.2) is 43.1 Å². The van der Waals surface area contributed by atoms with E-state index in [1.807, 2.05) is 24.3 Å². The van der Waals surface area contributed by atoms with Crippen molar-refractivity contribution in [2.75, 3.05) is 27.2 Å². The van der Waals surface area contributed by atoms with E-state index in [1.54, 1.807) is 12.1 Å². The van der Waals surface area contributed by atoms with Gasteiger partial charge in [0.25, 0.3) is 0 Å². The normalized spacial score (nSPS) is 14.1. The highest BCUT2D eigenvalue weighted by atomic mass is 16.5. The second kappa shape index (κ2) is 13.9. The van der Waals surface area contributed by atoms with Gasteiger partial charge < -0.3 is 14.6 Å². The molecule has 0 aromatic heterocycles. The van der Waals surface area contributed by atoms with E-state index >= 15 is 0 Å². The van der Waals surface area contributed by atoms with E-state index in [4.69, 9.17) is 10.6 Å². The molecule has 2 atom stereocenters. The van der Waals surface area contributed by atoms with Crippen LogP contribution in [0.3, 0.4) is 0 Å². The molecule has 0 aliphatic heterocycles. The fraction of sp³-hybridized carbons (Fsp3) is 0.737. The molecule has 0 saturated heterocycles. The van der Waals surface area contributed by atoms with Gasteiger partial charge in [0.15, 0.2) is 0 Å². The summed E-state index contributed by atoms with van der Waals surface area (Å²) in [6.07, 6.45) is 13.1. The van der Waals surface area contributed by atoms with Crippen LogP contribution in [-0.2, 0) is 9.53 Å². The fourth-order valence-corrected chi connectivity index (χ4v) is 2.03. The maximum absolute atomic E-state index is 11.7. The van der Waals surface area contributed by atoms with Crippen molar-refractivity contribution in [2.24, 2.45) is 17.7 Å². The van der Waals surface area contributed by atoms with Gasteiger partial charge in [0.05, 0.1) is 13.0 Å². The number of hydrazine groups is 1. The third-order valence-electron chi connectivity index (χ3n) is 4.03. The molecule has 0 aromatic rings. The molecule has 2 N–H and O–H groups in total. The Kier molecular flexibility index (Phi) is 13.0. The van der Waals surface area contributed by atoms with Crippen molar-refractivity contribution in [2.45, 2.75) is 52.9 Å². The molecular weight excluding hydrogens is 302 g/mol. The summed E-state index contributed by atoms with van der Waals surface area (Å²) in [5.74, 6) is 6.25. The summed E-state index contributed by atoms with van der Waals surface area (Å²) in [6.45, 7) is 7.72. The van der Waals surface area contributed by atoms with Crippen molar-refractivity contribution in [1.29, 1.82) is 0 Å². The molecule has 2 unspecified atom stereocenters. The number of nitrogens with two attached hydrogens (primary N) is 1. The zero-order valence-electron chi connectivity index (χ0n) is 16.2. The van der Waals surface area contributed by atoms with Crippen LogP contribution in [0.2, 0.25) is 0 Å². The lowest BCUT2D eigenvalue weighted by atomic mass is 9.96. The minimum Gasteiger partial charge on any atom is -0.466 e. The van der Waals surface area contributed by atoms with Crippen LogP contribution in [0.25, 0.3) is 0 Å². The number of rotatable bonds is 13. The summed E-state index contributed by atoms with van der Waals surface area (Å²) >= 11 is 0. The van der Waals surface area contributed by atoms with Gasteiger partial charge in [-0.25, -0.2) is 5.84 Å². The molecule has 0 aliphatic rings. The Hall–Kier alpha value is -1.49. The molecule has 0 heterocycles. The van der Waals surface area contributed by atoms with Gasteiger partial charge in [-0.3, -0.25) is 4.79 Å². The molecule has 0 spiro atoms. The number of unbranched alkanes of at least 4 members (excludes halogenated alkanes) is 3. The highest BCUT2D eigenvalue weighted by Crippen LogP contribution is 2.14. The van der Waals surface area contributed by atoms with Crippen LogP contribution in [0.5, 0.6) is 0 Å². The van der Waals surface area contributed by atoms with Crippen LogP contribution >= 0.6 is 0 Å². The van der Waals surface area contributed by atoms with Crippen molar-refractivity contribution >= 4 is 5.97 Å². The van der Waals surface area contributed by atoms with Crippen LogP contribution in [0.1, 0.15) is 52.9 Å². The monoisotopic (exact) mass is 339 g/mol. The SMILES string of the molecule is CCCCCCOC(=O)CCN(C)/C=C/C(C)C(C)/C=C/N(C)N. The third-order valence-corrected chi connectivity index (χ3v) is 4.03. The molecule has 0 radical (unpaired) electrons. The quantitative estimate of drug-likeness (QED) is 0.241. The Morgan fingerprint density at radius 1 is 1.08 bits per heavy atom. The van der Waals surface area contributed by atoms with Gasteiger partial charge in [-0.1, -0.05) is 52.2 Å². The number of ether oxygens (including phenoxy) is 1. The first-order valence-corrected chi connectivity index (χ1v) is 9.06. The molecule has 5 nitrogen and oxygen atoms in total. The van der Waals surface area contributed by atoms with Gasteiger partial charge >= 0.3 is 5.97 Å². The summed E-state index contributed by atoms with van der Waals surface area (Å²) in [5.41, 5.74) is 0. The maximum Gasteiger partial charge on any atom is 0.307 e. The molecule has 0 rings (SSSR count). The van der Waals surface area contributed by atoms with Gasteiger partial charge in [0.1, 0.15) is 0 Å². The average molecular weight is 340 g/mol. The number of esters is 1. The van der Waals surface area contributed by atoms with Gasteiger partial charge in [-0.2, -0.15) is 0 Å². The topological polar surface area (TPSA) is 58.8 Å². The number of carbonyl (C=O) groups excluding carboxylic acids is 1. The van der Waals surface area contributed by atoms with Crippen LogP contribution in [0.4, 0.5) is 0 Å². The van der Waals surface area contributed by atoms with Gasteiger partial charge in [0, 0.05) is 26.8 Å². The lowest BCUT2D eigenvalue weighted by molar-refractivity contribution is -0.143. The summed E-state index contributed by atoms with van der Waals surface area (Å²) < 4.78 is 5.24. The molecule has 0 bridgehead atoms. The van der Waals surface area contributed by atoms with Gasteiger partial charge in [-0.05, 0) is 24.5 Å². The van der Waals surface area contributed by atoms with Gasteiger partial charge in [0.2, 0.25) is 0 Å². The first kappa shape index (κ1) is 22.5. The Bertz CT molecular complexity index is 381. The molecule has 0 fully saturated rings. The molecule has 0 amide bonds. The smallest absolute Gasteiger partial charge is 0.307 e. The molecule has 5 heteroatoms. The van der Waals surface area contributed by atoms with Crippen molar-refractivity contribution < 1.29 is 9.53 Å². The van der Waals surface area contributed by atoms with Crippen LogP contribution in [0, 0.1) is 11.8 Å². The van der Waals surface area contributed by atoms with Crippen molar-refractivity contribution in [3.63, 3.8) is 0 Å². The fourth-order valence-electron chi connectivity index (χ4n) is 2.03. The summed E-state index contributed by atoms with van der Waals surface area (Å²) in [5, 5.41) is 1.55. The maximum atomic E-state index is 11.7. The Morgan fingerprint density at radius 3 is 2.29 bits per heavy atom. The van der Waals surface area contributed by atoms with Crippen LogP contribution in [0.15, 0.2) is 24.6 Å². The molecule has 0 saturated carbocycles. The largest absolute Gasteiger partial charge is 0.466 e. The Labute approximate surface area is 148 Å². The molecule has 0 aromatic carbocycles. The Balaban J connectivity index is 3.94. The highest BCUT2D eigenvalue weighted by Gasteiger charge is 2.07. The zero-order valence-corrected chi connectivity index (χ0v) is 16.2. The number of allylic oxidation sites excluding steroid dienone is 2. The van der Waals surface area contributed by atoms with E-state index in [0.717, 1.165) is 12.8 Å². The minimum atomic E-state index is -0.109. The van der Waals surface area contributed by atoms with E-state index < -0.39 is 0 Å². The standard InChI is InChI=1S/C19H37N3O2/c1-6-7-8-9-16-24-19(23)12-14-21(4)13-10-17(2)18(3)11-15-22(5)20/h10-11,13,15,17-18H,6-9,12,14,16,20H2,1-5H3/b13-10+,15-11+. The molecule has 0 aliphatic carbocycles. The lowest BCUT2D eigenvalue weighted by Gasteiger charge is -2.17. The predicted octanol–water partition coefficient (Wildman–Crippen LogP) is 3.54. The second-order valence-corrected chi connectivity index (χ2v) is 6.58. The second-order valence-electron chi connectivity index (χ2n) is 6.58. The lowest BCUT2D eigenvalue weighted by Crippen LogP contribution is -2.19. The number of hydrogen-bond donors (Lipinski definition) is 1.